The van der Waals surface area contributed by atoms with Gasteiger partial charge in [-0.25, -0.2) is 4.98 Å². The van der Waals surface area contributed by atoms with Gasteiger partial charge in [-0.2, -0.15) is 0 Å². The first kappa shape index (κ1) is 10.9. The van der Waals surface area contributed by atoms with Crippen molar-refractivity contribution in [3.8, 4) is 5.88 Å². The zero-order valence-electron chi connectivity index (χ0n) is 8.91. The third-order valence-corrected chi connectivity index (χ3v) is 2.84. The maximum atomic E-state index is 5.18. The molecular formula is C9H11N5OS. The summed E-state index contributed by atoms with van der Waals surface area (Å²) in [6.45, 7) is 0. The van der Waals surface area contributed by atoms with Gasteiger partial charge in [-0.3, -0.25) is 4.98 Å². The molecule has 0 saturated heterocycles. The normalized spacial score (nSPS) is 12.4. The summed E-state index contributed by atoms with van der Waals surface area (Å²) in [5, 5.41) is 6.95. The van der Waals surface area contributed by atoms with Gasteiger partial charge in [0.05, 0.1) is 24.2 Å². The number of rotatable bonds is 4. The molecule has 0 amide bonds. The second-order valence-corrected chi connectivity index (χ2v) is 3.81. The van der Waals surface area contributed by atoms with E-state index >= 15 is 0 Å². The van der Waals surface area contributed by atoms with Gasteiger partial charge in [0.2, 0.25) is 5.88 Å². The van der Waals surface area contributed by atoms with E-state index in [4.69, 9.17) is 4.74 Å². The number of aromatic nitrogens is 4. The maximum Gasteiger partial charge on any atom is 0.237 e. The fourth-order valence-electron chi connectivity index (χ4n) is 1.41. The van der Waals surface area contributed by atoms with Gasteiger partial charge in [0.25, 0.3) is 0 Å². The van der Waals surface area contributed by atoms with Gasteiger partial charge in [0.15, 0.2) is 0 Å². The Labute approximate surface area is 96.9 Å². The van der Waals surface area contributed by atoms with Crippen LogP contribution in [-0.4, -0.2) is 33.7 Å². The average molecular weight is 237 g/mol. The molecule has 0 fully saturated rings. The minimum Gasteiger partial charge on any atom is -0.480 e. The Morgan fingerprint density at radius 3 is 2.81 bits per heavy atom. The van der Waals surface area contributed by atoms with Crippen LogP contribution in [0.4, 0.5) is 0 Å². The Hall–Kier alpha value is -1.60. The van der Waals surface area contributed by atoms with Crippen molar-refractivity contribution in [2.24, 2.45) is 0 Å². The molecule has 0 aliphatic rings. The standard InChI is InChI=1S/C9H11N5OS/c1-10-7(6-5-13-14-16-6)8-9(15-2)12-4-3-11-8/h3-5,7,10H,1-2H3. The van der Waals surface area contributed by atoms with Gasteiger partial charge in [-0.1, -0.05) is 4.49 Å². The summed E-state index contributed by atoms with van der Waals surface area (Å²) in [6, 6.07) is -0.0938. The van der Waals surface area contributed by atoms with E-state index in [1.807, 2.05) is 7.05 Å². The van der Waals surface area contributed by atoms with Crippen LogP contribution >= 0.6 is 11.5 Å². The molecule has 0 aliphatic heterocycles. The quantitative estimate of drug-likeness (QED) is 0.841. The van der Waals surface area contributed by atoms with Crippen LogP contribution in [0, 0.1) is 0 Å². The highest BCUT2D eigenvalue weighted by atomic mass is 32.1. The smallest absolute Gasteiger partial charge is 0.237 e. The predicted octanol–water partition coefficient (Wildman–Crippen LogP) is 0.645. The fraction of sp³-hybridized carbons (Fsp3) is 0.333. The third kappa shape index (κ3) is 2.00. The predicted molar refractivity (Wildman–Crippen MR) is 59.4 cm³/mol. The van der Waals surface area contributed by atoms with E-state index in [-0.39, 0.29) is 6.04 Å². The van der Waals surface area contributed by atoms with E-state index in [1.54, 1.807) is 25.7 Å². The van der Waals surface area contributed by atoms with E-state index in [1.165, 1.54) is 11.5 Å². The molecule has 0 aromatic carbocycles. The van der Waals surface area contributed by atoms with Crippen molar-refractivity contribution in [1.82, 2.24) is 24.9 Å². The molecule has 0 spiro atoms. The average Bonchev–Trinajstić information content (AvgIpc) is 2.84. The molecule has 0 aliphatic carbocycles. The van der Waals surface area contributed by atoms with Gasteiger partial charge < -0.3 is 10.1 Å². The molecule has 2 aromatic heterocycles. The van der Waals surface area contributed by atoms with Crippen LogP contribution in [0.15, 0.2) is 18.6 Å². The molecule has 1 atom stereocenters. The molecule has 0 radical (unpaired) electrons. The maximum absolute atomic E-state index is 5.18. The molecule has 2 rings (SSSR count). The molecule has 7 heteroatoms. The number of nitrogens with zero attached hydrogens (tertiary/aromatic N) is 4. The molecule has 1 N–H and O–H groups in total. The van der Waals surface area contributed by atoms with Crippen LogP contribution in [0.2, 0.25) is 0 Å². The molecule has 0 saturated carbocycles. The van der Waals surface area contributed by atoms with Crippen molar-refractivity contribution >= 4 is 11.5 Å². The largest absolute Gasteiger partial charge is 0.480 e. The highest BCUT2D eigenvalue weighted by Crippen LogP contribution is 2.26. The summed E-state index contributed by atoms with van der Waals surface area (Å²) >= 11 is 1.32. The van der Waals surface area contributed by atoms with Crippen molar-refractivity contribution < 1.29 is 4.74 Å². The number of hydrogen-bond donors (Lipinski definition) is 1. The second kappa shape index (κ2) is 4.95. The number of nitrogens with one attached hydrogen (secondary N) is 1. The van der Waals surface area contributed by atoms with E-state index in [0.29, 0.717) is 5.88 Å². The lowest BCUT2D eigenvalue weighted by Crippen LogP contribution is -2.19. The number of ether oxygens (including phenoxy) is 1. The molecule has 84 valence electrons. The van der Waals surface area contributed by atoms with Gasteiger partial charge in [0, 0.05) is 12.4 Å². The van der Waals surface area contributed by atoms with E-state index in [9.17, 15) is 0 Å². The highest BCUT2D eigenvalue weighted by Gasteiger charge is 2.20. The summed E-state index contributed by atoms with van der Waals surface area (Å²) in [6.07, 6.45) is 4.94. The van der Waals surface area contributed by atoms with E-state index in [2.05, 4.69) is 24.9 Å². The summed E-state index contributed by atoms with van der Waals surface area (Å²) in [5.74, 6) is 0.509. The Morgan fingerprint density at radius 2 is 2.19 bits per heavy atom. The van der Waals surface area contributed by atoms with Crippen LogP contribution in [0.3, 0.4) is 0 Å². The molecule has 6 nitrogen and oxygen atoms in total. The number of hydrogen-bond acceptors (Lipinski definition) is 7. The summed E-state index contributed by atoms with van der Waals surface area (Å²) in [7, 11) is 3.42. The van der Waals surface area contributed by atoms with Gasteiger partial charge >= 0.3 is 0 Å². The van der Waals surface area contributed by atoms with Gasteiger partial charge in [0.1, 0.15) is 5.69 Å². The molecule has 16 heavy (non-hydrogen) atoms. The summed E-state index contributed by atoms with van der Waals surface area (Å²) < 4.78 is 9.01. The molecule has 2 heterocycles. The zero-order chi connectivity index (χ0) is 11.4. The first-order valence-electron chi connectivity index (χ1n) is 4.66. The van der Waals surface area contributed by atoms with Gasteiger partial charge in [-0.15, -0.1) is 5.10 Å². The summed E-state index contributed by atoms with van der Waals surface area (Å²) in [4.78, 5) is 9.37. The van der Waals surface area contributed by atoms with Crippen molar-refractivity contribution in [1.29, 1.82) is 0 Å². The van der Waals surface area contributed by atoms with Crippen molar-refractivity contribution in [2.75, 3.05) is 14.2 Å². The van der Waals surface area contributed by atoms with E-state index < -0.39 is 0 Å². The van der Waals surface area contributed by atoms with Crippen molar-refractivity contribution in [2.45, 2.75) is 6.04 Å². The molecule has 0 bridgehead atoms. The topological polar surface area (TPSA) is 72.8 Å². The summed E-state index contributed by atoms with van der Waals surface area (Å²) in [5.41, 5.74) is 0.735. The van der Waals surface area contributed by atoms with Crippen LogP contribution in [0.1, 0.15) is 16.6 Å². The minimum absolute atomic E-state index is 0.0938. The van der Waals surface area contributed by atoms with Crippen LogP contribution in [0.5, 0.6) is 5.88 Å². The Bertz CT molecular complexity index is 447. The fourth-order valence-corrected chi connectivity index (χ4v) is 2.02. The van der Waals surface area contributed by atoms with E-state index in [0.717, 1.165) is 10.6 Å². The van der Waals surface area contributed by atoms with Crippen molar-refractivity contribution in [3.05, 3.63) is 29.2 Å². The lowest BCUT2D eigenvalue weighted by Gasteiger charge is -2.14. The monoisotopic (exact) mass is 237 g/mol. The Morgan fingerprint density at radius 1 is 1.38 bits per heavy atom. The Kier molecular flexibility index (Phi) is 3.37. The van der Waals surface area contributed by atoms with Crippen LogP contribution in [0.25, 0.3) is 0 Å². The lowest BCUT2D eigenvalue weighted by atomic mass is 10.2. The zero-order valence-corrected chi connectivity index (χ0v) is 9.73. The first-order chi connectivity index (χ1) is 7.86. The first-order valence-corrected chi connectivity index (χ1v) is 5.43. The van der Waals surface area contributed by atoms with Crippen molar-refractivity contribution in [3.63, 3.8) is 0 Å². The minimum atomic E-state index is -0.0938. The molecule has 2 aromatic rings. The van der Waals surface area contributed by atoms with Crippen LogP contribution < -0.4 is 10.1 Å². The third-order valence-electron chi connectivity index (χ3n) is 2.11. The lowest BCUT2D eigenvalue weighted by molar-refractivity contribution is 0.384. The van der Waals surface area contributed by atoms with Gasteiger partial charge in [-0.05, 0) is 18.6 Å². The number of methoxy groups -OCH3 is 1. The highest BCUT2D eigenvalue weighted by molar-refractivity contribution is 7.05. The van der Waals surface area contributed by atoms with Crippen LogP contribution in [-0.2, 0) is 0 Å². The SMILES string of the molecule is CNC(c1cnns1)c1nccnc1OC. The molecular weight excluding hydrogens is 226 g/mol. The second-order valence-electron chi connectivity index (χ2n) is 2.99. The molecule has 1 unspecified atom stereocenters. The Balaban J connectivity index is 2.41.